The van der Waals surface area contributed by atoms with Crippen molar-refractivity contribution in [2.75, 3.05) is 0 Å². The highest BCUT2D eigenvalue weighted by Gasteiger charge is 2.18. The third kappa shape index (κ3) is 5.58. The van der Waals surface area contributed by atoms with Gasteiger partial charge in [-0.15, -0.1) is 0 Å². The fraction of sp³-hybridized carbons (Fsp3) is 1.00. The quantitative estimate of drug-likeness (QED) is 0.549. The van der Waals surface area contributed by atoms with Crippen LogP contribution in [0.3, 0.4) is 0 Å². The summed E-state index contributed by atoms with van der Waals surface area (Å²) in [5.41, 5.74) is 0. The Balaban J connectivity index is 2.03. The molecule has 0 aliphatic heterocycles. The predicted molar refractivity (Wildman–Crippen MR) is 69.0 cm³/mol. The summed E-state index contributed by atoms with van der Waals surface area (Å²) in [6.45, 7) is 7.16. The van der Waals surface area contributed by atoms with Crippen LogP contribution in [-0.2, 0) is 0 Å². The summed E-state index contributed by atoms with van der Waals surface area (Å²) >= 11 is 0. The Bertz CT molecular complexity index is 150. The van der Waals surface area contributed by atoms with Gasteiger partial charge in [-0.25, -0.2) is 0 Å². The summed E-state index contributed by atoms with van der Waals surface area (Å²) in [4.78, 5) is 0. The average Bonchev–Trinajstić information content (AvgIpc) is 2.18. The van der Waals surface area contributed by atoms with Crippen LogP contribution in [-0.4, -0.2) is 0 Å². The van der Waals surface area contributed by atoms with Gasteiger partial charge in [-0.2, -0.15) is 0 Å². The first-order chi connectivity index (χ1) is 7.22. The van der Waals surface area contributed by atoms with E-state index < -0.39 is 0 Å². The maximum absolute atomic E-state index is 2.44. The maximum Gasteiger partial charge on any atom is -0.0412 e. The zero-order valence-corrected chi connectivity index (χ0v) is 11.1. The van der Waals surface area contributed by atoms with Crippen LogP contribution in [0.15, 0.2) is 0 Å². The van der Waals surface area contributed by atoms with Crippen LogP contribution in [0.1, 0.15) is 78.6 Å². The fourth-order valence-electron chi connectivity index (χ4n) is 3.21. The van der Waals surface area contributed by atoms with Crippen LogP contribution >= 0.6 is 0 Å². The minimum absolute atomic E-state index is 0.969. The van der Waals surface area contributed by atoms with Crippen molar-refractivity contribution in [3.63, 3.8) is 0 Å². The summed E-state index contributed by atoms with van der Waals surface area (Å²) in [5, 5.41) is 0. The first-order valence-corrected chi connectivity index (χ1v) is 7.22. The van der Waals surface area contributed by atoms with Gasteiger partial charge >= 0.3 is 0 Å². The fourth-order valence-corrected chi connectivity index (χ4v) is 3.21. The Morgan fingerprint density at radius 3 is 2.67 bits per heavy atom. The molecule has 0 heteroatoms. The maximum atomic E-state index is 2.44. The zero-order chi connectivity index (χ0) is 11.1. The molecule has 15 heavy (non-hydrogen) atoms. The topological polar surface area (TPSA) is 0 Å². The van der Waals surface area contributed by atoms with Gasteiger partial charge in [-0.3, -0.25) is 0 Å². The van der Waals surface area contributed by atoms with Crippen molar-refractivity contribution in [3.05, 3.63) is 0 Å². The molecule has 1 rings (SSSR count). The van der Waals surface area contributed by atoms with E-state index in [1.165, 1.54) is 57.8 Å². The number of rotatable bonds is 6. The molecule has 0 aromatic heterocycles. The lowest BCUT2D eigenvalue weighted by Crippen LogP contribution is -2.13. The Kier molecular flexibility index (Phi) is 6.36. The van der Waals surface area contributed by atoms with Gasteiger partial charge in [0, 0.05) is 0 Å². The van der Waals surface area contributed by atoms with Gasteiger partial charge in [0.05, 0.1) is 0 Å². The molecule has 1 saturated carbocycles. The van der Waals surface area contributed by atoms with E-state index in [1.807, 2.05) is 0 Å². The average molecular weight is 210 g/mol. The summed E-state index contributed by atoms with van der Waals surface area (Å²) in [7, 11) is 0. The molecule has 0 aromatic carbocycles. The molecule has 0 heterocycles. The second-order valence-corrected chi connectivity index (χ2v) is 5.96. The van der Waals surface area contributed by atoms with Crippen molar-refractivity contribution in [2.24, 2.45) is 17.8 Å². The predicted octanol–water partition coefficient (Wildman–Crippen LogP) is 5.42. The van der Waals surface area contributed by atoms with Gasteiger partial charge in [0.15, 0.2) is 0 Å². The van der Waals surface area contributed by atoms with Gasteiger partial charge in [0.2, 0.25) is 0 Å². The van der Waals surface area contributed by atoms with Crippen LogP contribution in [0, 0.1) is 17.8 Å². The molecule has 0 aromatic rings. The molecular formula is C15H30. The monoisotopic (exact) mass is 210 g/mol. The van der Waals surface area contributed by atoms with E-state index >= 15 is 0 Å². The molecule has 0 saturated heterocycles. The normalized spacial score (nSPS) is 29.0. The Morgan fingerprint density at radius 2 is 2.00 bits per heavy atom. The van der Waals surface area contributed by atoms with E-state index in [1.54, 1.807) is 0 Å². The zero-order valence-electron chi connectivity index (χ0n) is 11.1. The third-order valence-electron chi connectivity index (χ3n) is 4.14. The van der Waals surface area contributed by atoms with Crippen molar-refractivity contribution >= 4 is 0 Å². The van der Waals surface area contributed by atoms with Crippen molar-refractivity contribution in [1.82, 2.24) is 0 Å². The van der Waals surface area contributed by atoms with Gasteiger partial charge in [0.25, 0.3) is 0 Å². The van der Waals surface area contributed by atoms with Crippen LogP contribution < -0.4 is 0 Å². The highest BCUT2D eigenvalue weighted by Crippen LogP contribution is 2.32. The van der Waals surface area contributed by atoms with Crippen LogP contribution in [0.2, 0.25) is 0 Å². The minimum atomic E-state index is 0.969. The highest BCUT2D eigenvalue weighted by atomic mass is 14.2. The Morgan fingerprint density at radius 1 is 1.20 bits per heavy atom. The van der Waals surface area contributed by atoms with Crippen molar-refractivity contribution in [3.8, 4) is 0 Å². The first-order valence-electron chi connectivity index (χ1n) is 7.22. The molecule has 0 N–H and O–H groups in total. The van der Waals surface area contributed by atoms with Gasteiger partial charge in [0.1, 0.15) is 0 Å². The molecule has 1 fully saturated rings. The standard InChI is InChI=1S/C15H30/c1-4-7-13(2)8-5-10-15-11-6-9-14(3)12-15/h13-15H,4-12H2,1-3H3. The molecule has 3 unspecified atom stereocenters. The van der Waals surface area contributed by atoms with E-state index in [2.05, 4.69) is 20.8 Å². The Labute approximate surface area is 96.8 Å². The number of hydrogen-bond donors (Lipinski definition) is 0. The van der Waals surface area contributed by atoms with Crippen LogP contribution in [0.25, 0.3) is 0 Å². The van der Waals surface area contributed by atoms with Crippen LogP contribution in [0.4, 0.5) is 0 Å². The van der Waals surface area contributed by atoms with E-state index in [-0.39, 0.29) is 0 Å². The first kappa shape index (κ1) is 13.1. The third-order valence-corrected chi connectivity index (χ3v) is 4.14. The second kappa shape index (κ2) is 7.30. The van der Waals surface area contributed by atoms with Crippen molar-refractivity contribution in [1.29, 1.82) is 0 Å². The van der Waals surface area contributed by atoms with E-state index in [0.29, 0.717) is 0 Å². The van der Waals surface area contributed by atoms with Gasteiger partial charge in [-0.05, 0) is 24.2 Å². The molecule has 1 aliphatic carbocycles. The molecule has 90 valence electrons. The van der Waals surface area contributed by atoms with E-state index in [0.717, 1.165) is 17.8 Å². The summed E-state index contributed by atoms with van der Waals surface area (Å²) < 4.78 is 0. The van der Waals surface area contributed by atoms with Crippen LogP contribution in [0.5, 0.6) is 0 Å². The van der Waals surface area contributed by atoms with E-state index in [4.69, 9.17) is 0 Å². The SMILES string of the molecule is CCCC(C)CCCC1CCCC(C)C1. The molecule has 3 atom stereocenters. The largest absolute Gasteiger partial charge is 0.0654 e. The van der Waals surface area contributed by atoms with Crippen molar-refractivity contribution < 1.29 is 0 Å². The number of hydrogen-bond acceptors (Lipinski definition) is 0. The van der Waals surface area contributed by atoms with Gasteiger partial charge in [-0.1, -0.05) is 72.1 Å². The molecule has 0 radical (unpaired) electrons. The molecule has 0 nitrogen and oxygen atoms in total. The second-order valence-electron chi connectivity index (χ2n) is 5.96. The van der Waals surface area contributed by atoms with Gasteiger partial charge < -0.3 is 0 Å². The molecular weight excluding hydrogens is 180 g/mol. The minimum Gasteiger partial charge on any atom is -0.0654 e. The summed E-state index contributed by atoms with van der Waals surface area (Å²) in [6, 6.07) is 0. The van der Waals surface area contributed by atoms with E-state index in [9.17, 15) is 0 Å². The lowest BCUT2D eigenvalue weighted by molar-refractivity contribution is 0.259. The molecule has 1 aliphatic rings. The Hall–Kier alpha value is 0. The summed E-state index contributed by atoms with van der Waals surface area (Å²) in [6.07, 6.45) is 13.3. The molecule has 0 bridgehead atoms. The van der Waals surface area contributed by atoms with Crippen molar-refractivity contribution in [2.45, 2.75) is 78.6 Å². The lowest BCUT2D eigenvalue weighted by Gasteiger charge is -2.26. The molecule has 0 amide bonds. The molecule has 0 spiro atoms. The smallest absolute Gasteiger partial charge is 0.0412 e. The highest BCUT2D eigenvalue weighted by molar-refractivity contribution is 4.70. The lowest BCUT2D eigenvalue weighted by atomic mass is 9.79. The summed E-state index contributed by atoms with van der Waals surface area (Å²) in [5.74, 6) is 3.05.